The van der Waals surface area contributed by atoms with Crippen molar-refractivity contribution in [2.75, 3.05) is 13.6 Å². The minimum absolute atomic E-state index is 0.525. The highest BCUT2D eigenvalue weighted by Gasteiger charge is 2.22. The average Bonchev–Trinajstić information content (AvgIpc) is 2.30. The van der Waals surface area contributed by atoms with E-state index in [1.807, 2.05) is 0 Å². The van der Waals surface area contributed by atoms with Crippen LogP contribution in [0.3, 0.4) is 0 Å². The molecule has 82 valence electrons. The molecule has 0 spiro atoms. The van der Waals surface area contributed by atoms with Crippen LogP contribution in [-0.4, -0.2) is 19.6 Å². The lowest BCUT2D eigenvalue weighted by Crippen LogP contribution is -2.40. The fourth-order valence-corrected chi connectivity index (χ4v) is 2.39. The average molecular weight is 204 g/mol. The zero-order chi connectivity index (χ0) is 10.7. The number of nitrogens with one attached hydrogen (secondary N) is 2. The van der Waals surface area contributed by atoms with Gasteiger partial charge in [-0.25, -0.2) is 0 Å². The SMILES string of the molecule is CNC1CCNC(c2ccccc2C)C1. The fourth-order valence-electron chi connectivity index (χ4n) is 2.39. The maximum atomic E-state index is 3.60. The van der Waals surface area contributed by atoms with Gasteiger partial charge in [0.05, 0.1) is 0 Å². The first-order valence-corrected chi connectivity index (χ1v) is 5.77. The van der Waals surface area contributed by atoms with Crippen molar-refractivity contribution in [1.29, 1.82) is 0 Å². The number of aryl methyl sites for hydroxylation is 1. The first-order chi connectivity index (χ1) is 7.31. The number of rotatable bonds is 2. The summed E-state index contributed by atoms with van der Waals surface area (Å²) >= 11 is 0. The van der Waals surface area contributed by atoms with E-state index in [-0.39, 0.29) is 0 Å². The van der Waals surface area contributed by atoms with Gasteiger partial charge >= 0.3 is 0 Å². The maximum Gasteiger partial charge on any atom is 0.0337 e. The van der Waals surface area contributed by atoms with Crippen molar-refractivity contribution in [3.05, 3.63) is 35.4 Å². The molecule has 2 heteroatoms. The van der Waals surface area contributed by atoms with Gasteiger partial charge in [0, 0.05) is 12.1 Å². The van der Waals surface area contributed by atoms with Crippen LogP contribution in [0.4, 0.5) is 0 Å². The van der Waals surface area contributed by atoms with Crippen LogP contribution in [0.1, 0.15) is 30.0 Å². The number of hydrogen-bond acceptors (Lipinski definition) is 2. The van der Waals surface area contributed by atoms with Gasteiger partial charge in [-0.15, -0.1) is 0 Å². The first-order valence-electron chi connectivity index (χ1n) is 5.77. The van der Waals surface area contributed by atoms with Crippen LogP contribution >= 0.6 is 0 Å². The van der Waals surface area contributed by atoms with Gasteiger partial charge in [-0.2, -0.15) is 0 Å². The molecule has 0 aromatic heterocycles. The summed E-state index contributed by atoms with van der Waals surface area (Å²) in [5.41, 5.74) is 2.85. The Morgan fingerprint density at radius 3 is 2.87 bits per heavy atom. The van der Waals surface area contributed by atoms with Crippen LogP contribution in [0.5, 0.6) is 0 Å². The van der Waals surface area contributed by atoms with E-state index in [2.05, 4.69) is 48.9 Å². The van der Waals surface area contributed by atoms with Gasteiger partial charge in [0.2, 0.25) is 0 Å². The lowest BCUT2D eigenvalue weighted by molar-refractivity contribution is 0.336. The molecule has 2 rings (SSSR count). The molecule has 0 saturated carbocycles. The second kappa shape index (κ2) is 4.77. The summed E-state index contributed by atoms with van der Waals surface area (Å²) in [5.74, 6) is 0. The summed E-state index contributed by atoms with van der Waals surface area (Å²) in [4.78, 5) is 0. The molecule has 1 aliphatic heterocycles. The monoisotopic (exact) mass is 204 g/mol. The van der Waals surface area contributed by atoms with E-state index >= 15 is 0 Å². The minimum atomic E-state index is 0.525. The molecule has 1 heterocycles. The molecule has 2 unspecified atom stereocenters. The van der Waals surface area contributed by atoms with E-state index in [0.29, 0.717) is 12.1 Å². The molecule has 0 amide bonds. The molecule has 1 aliphatic rings. The van der Waals surface area contributed by atoms with Crippen molar-refractivity contribution in [3.8, 4) is 0 Å². The molecule has 1 aromatic carbocycles. The van der Waals surface area contributed by atoms with Crippen molar-refractivity contribution >= 4 is 0 Å². The third-order valence-electron chi connectivity index (χ3n) is 3.38. The molecule has 15 heavy (non-hydrogen) atoms. The topological polar surface area (TPSA) is 24.1 Å². The number of benzene rings is 1. The molecule has 1 saturated heterocycles. The van der Waals surface area contributed by atoms with Crippen LogP contribution in [0.25, 0.3) is 0 Å². The predicted octanol–water partition coefficient (Wildman–Crippen LogP) is 2.01. The van der Waals surface area contributed by atoms with Crippen LogP contribution in [0.15, 0.2) is 24.3 Å². The lowest BCUT2D eigenvalue weighted by Gasteiger charge is -2.31. The van der Waals surface area contributed by atoms with Gasteiger partial charge in [0.1, 0.15) is 0 Å². The third kappa shape index (κ3) is 2.39. The molecule has 0 aliphatic carbocycles. The zero-order valence-electron chi connectivity index (χ0n) is 9.59. The largest absolute Gasteiger partial charge is 0.317 e. The third-order valence-corrected chi connectivity index (χ3v) is 3.38. The highest BCUT2D eigenvalue weighted by atomic mass is 15.0. The Kier molecular flexibility index (Phi) is 3.39. The molecule has 2 N–H and O–H groups in total. The molecular weight excluding hydrogens is 184 g/mol. The molecule has 1 fully saturated rings. The minimum Gasteiger partial charge on any atom is -0.317 e. The Labute approximate surface area is 92.1 Å². The molecule has 0 bridgehead atoms. The second-order valence-electron chi connectivity index (χ2n) is 4.37. The van der Waals surface area contributed by atoms with Gasteiger partial charge in [-0.1, -0.05) is 24.3 Å². The smallest absolute Gasteiger partial charge is 0.0337 e. The zero-order valence-corrected chi connectivity index (χ0v) is 9.59. The van der Waals surface area contributed by atoms with E-state index in [4.69, 9.17) is 0 Å². The van der Waals surface area contributed by atoms with Crippen molar-refractivity contribution in [3.63, 3.8) is 0 Å². The van der Waals surface area contributed by atoms with Gasteiger partial charge in [0.15, 0.2) is 0 Å². The quantitative estimate of drug-likeness (QED) is 0.770. The number of piperidine rings is 1. The van der Waals surface area contributed by atoms with Crippen LogP contribution in [-0.2, 0) is 0 Å². The van der Waals surface area contributed by atoms with Crippen LogP contribution in [0, 0.1) is 6.92 Å². The van der Waals surface area contributed by atoms with Gasteiger partial charge in [-0.05, 0) is 44.5 Å². The van der Waals surface area contributed by atoms with E-state index in [1.54, 1.807) is 0 Å². The summed E-state index contributed by atoms with van der Waals surface area (Å²) in [7, 11) is 2.06. The summed E-state index contributed by atoms with van der Waals surface area (Å²) in [5, 5.41) is 6.98. The summed E-state index contributed by atoms with van der Waals surface area (Å²) < 4.78 is 0. The standard InChI is InChI=1S/C13H20N2/c1-10-5-3-4-6-12(10)13-9-11(14-2)7-8-15-13/h3-6,11,13-15H,7-9H2,1-2H3. The van der Waals surface area contributed by atoms with Gasteiger partial charge in [-0.3, -0.25) is 0 Å². The Morgan fingerprint density at radius 2 is 2.13 bits per heavy atom. The first kappa shape index (κ1) is 10.7. The predicted molar refractivity (Wildman–Crippen MR) is 64.0 cm³/mol. The van der Waals surface area contributed by atoms with Crippen molar-refractivity contribution in [2.45, 2.75) is 31.8 Å². The molecule has 0 radical (unpaired) electrons. The Bertz CT molecular complexity index is 322. The van der Waals surface area contributed by atoms with Crippen molar-refractivity contribution in [2.24, 2.45) is 0 Å². The Hall–Kier alpha value is -0.860. The second-order valence-corrected chi connectivity index (χ2v) is 4.37. The lowest BCUT2D eigenvalue weighted by atomic mass is 9.91. The van der Waals surface area contributed by atoms with E-state index < -0.39 is 0 Å². The number of hydrogen-bond donors (Lipinski definition) is 2. The molecule has 2 nitrogen and oxygen atoms in total. The molecule has 2 atom stereocenters. The van der Waals surface area contributed by atoms with E-state index in [0.717, 1.165) is 6.54 Å². The normalized spacial score (nSPS) is 26.5. The Balaban J connectivity index is 2.13. The highest BCUT2D eigenvalue weighted by Crippen LogP contribution is 2.25. The van der Waals surface area contributed by atoms with Crippen molar-refractivity contribution in [1.82, 2.24) is 10.6 Å². The highest BCUT2D eigenvalue weighted by molar-refractivity contribution is 5.29. The molecule has 1 aromatic rings. The summed E-state index contributed by atoms with van der Waals surface area (Å²) in [6.07, 6.45) is 2.43. The summed E-state index contributed by atoms with van der Waals surface area (Å²) in [6.45, 7) is 3.31. The van der Waals surface area contributed by atoms with E-state index in [9.17, 15) is 0 Å². The summed E-state index contributed by atoms with van der Waals surface area (Å²) in [6, 6.07) is 9.86. The van der Waals surface area contributed by atoms with Crippen molar-refractivity contribution < 1.29 is 0 Å². The van der Waals surface area contributed by atoms with Crippen LogP contribution in [0.2, 0.25) is 0 Å². The van der Waals surface area contributed by atoms with Gasteiger partial charge < -0.3 is 10.6 Å². The van der Waals surface area contributed by atoms with E-state index in [1.165, 1.54) is 24.0 Å². The van der Waals surface area contributed by atoms with Gasteiger partial charge in [0.25, 0.3) is 0 Å². The fraction of sp³-hybridized carbons (Fsp3) is 0.538. The molecular formula is C13H20N2. The Morgan fingerprint density at radius 1 is 1.33 bits per heavy atom. The maximum absolute atomic E-state index is 3.60. The van der Waals surface area contributed by atoms with Crippen LogP contribution < -0.4 is 10.6 Å².